The molecule has 0 saturated carbocycles. The smallest absolute Gasteiger partial charge is 0.312 e. The van der Waals surface area contributed by atoms with Gasteiger partial charge in [-0.15, -0.1) is 0 Å². The summed E-state index contributed by atoms with van der Waals surface area (Å²) in [5, 5.41) is 9.03. The lowest BCUT2D eigenvalue weighted by Crippen LogP contribution is -2.33. The first-order valence-corrected chi connectivity index (χ1v) is 4.63. The second-order valence-electron chi connectivity index (χ2n) is 3.29. The van der Waals surface area contributed by atoms with Crippen molar-refractivity contribution in [3.63, 3.8) is 0 Å². The van der Waals surface area contributed by atoms with Gasteiger partial charge in [-0.05, 0) is 5.56 Å². The molecule has 0 aromatic heterocycles. The zero-order valence-corrected chi connectivity index (χ0v) is 8.17. The second-order valence-corrected chi connectivity index (χ2v) is 3.29. The molecule has 0 bridgehead atoms. The Bertz CT molecular complexity index is 337. The molecule has 0 radical (unpaired) electrons. The number of aliphatic carboxylic acids is 1. The standard InChI is InChI=1S/C11H13NO3/c12-9(6-7-13)10(11(14)15)8-4-2-1-3-5-8/h1-5,7,9-10H,6,12H2,(H,14,15)/t9-,10?/m0/s1. The van der Waals surface area contributed by atoms with Crippen molar-refractivity contribution in [2.45, 2.75) is 18.4 Å². The summed E-state index contributed by atoms with van der Waals surface area (Å²) < 4.78 is 0. The molecule has 1 aromatic carbocycles. The van der Waals surface area contributed by atoms with Crippen molar-refractivity contribution < 1.29 is 14.7 Å². The topological polar surface area (TPSA) is 80.4 Å². The molecule has 0 aliphatic carbocycles. The van der Waals surface area contributed by atoms with Crippen molar-refractivity contribution in [1.29, 1.82) is 0 Å². The van der Waals surface area contributed by atoms with Gasteiger partial charge >= 0.3 is 5.97 Å². The van der Waals surface area contributed by atoms with Gasteiger partial charge in [-0.25, -0.2) is 0 Å². The summed E-state index contributed by atoms with van der Waals surface area (Å²) in [6.45, 7) is 0. The van der Waals surface area contributed by atoms with Crippen LogP contribution in [0.3, 0.4) is 0 Å². The van der Waals surface area contributed by atoms with Crippen LogP contribution >= 0.6 is 0 Å². The van der Waals surface area contributed by atoms with E-state index in [-0.39, 0.29) is 6.42 Å². The summed E-state index contributed by atoms with van der Waals surface area (Å²) in [5.74, 6) is -1.83. The van der Waals surface area contributed by atoms with Gasteiger partial charge in [-0.3, -0.25) is 4.79 Å². The number of benzene rings is 1. The SMILES string of the molecule is N[C@@H](CC=O)C(C(=O)O)c1ccccc1. The molecule has 4 heteroatoms. The van der Waals surface area contributed by atoms with Crippen LogP contribution in [0, 0.1) is 0 Å². The molecule has 0 spiro atoms. The van der Waals surface area contributed by atoms with Gasteiger partial charge in [0.25, 0.3) is 0 Å². The zero-order chi connectivity index (χ0) is 11.3. The molecular formula is C11H13NO3. The number of rotatable bonds is 5. The fourth-order valence-corrected chi connectivity index (χ4v) is 1.48. The highest BCUT2D eigenvalue weighted by atomic mass is 16.4. The molecule has 0 aliphatic rings. The van der Waals surface area contributed by atoms with E-state index in [1.54, 1.807) is 30.3 Å². The number of carbonyl (C=O) groups excluding carboxylic acids is 1. The van der Waals surface area contributed by atoms with Gasteiger partial charge in [0.05, 0.1) is 5.92 Å². The first-order valence-electron chi connectivity index (χ1n) is 4.63. The fourth-order valence-electron chi connectivity index (χ4n) is 1.48. The van der Waals surface area contributed by atoms with Crippen LogP contribution in [0.2, 0.25) is 0 Å². The van der Waals surface area contributed by atoms with Gasteiger partial charge in [-0.1, -0.05) is 30.3 Å². The minimum atomic E-state index is -1.00. The Morgan fingerprint density at radius 2 is 2.00 bits per heavy atom. The maximum Gasteiger partial charge on any atom is 0.312 e. The van der Waals surface area contributed by atoms with Crippen molar-refractivity contribution in [1.82, 2.24) is 0 Å². The fraction of sp³-hybridized carbons (Fsp3) is 0.273. The third-order valence-electron chi connectivity index (χ3n) is 2.22. The van der Waals surface area contributed by atoms with E-state index < -0.39 is 17.9 Å². The summed E-state index contributed by atoms with van der Waals surface area (Å²) in [4.78, 5) is 21.3. The van der Waals surface area contributed by atoms with Crippen molar-refractivity contribution in [2.75, 3.05) is 0 Å². The Balaban J connectivity index is 2.93. The maximum atomic E-state index is 11.0. The molecule has 2 atom stereocenters. The van der Waals surface area contributed by atoms with E-state index in [2.05, 4.69) is 0 Å². The highest BCUT2D eigenvalue weighted by Crippen LogP contribution is 2.20. The largest absolute Gasteiger partial charge is 0.481 e. The van der Waals surface area contributed by atoms with Crippen LogP contribution in [0.5, 0.6) is 0 Å². The number of carboxylic acids is 1. The normalized spacial score (nSPS) is 14.2. The molecule has 0 fully saturated rings. The van der Waals surface area contributed by atoms with Crippen molar-refractivity contribution in [3.8, 4) is 0 Å². The van der Waals surface area contributed by atoms with Gasteiger partial charge in [-0.2, -0.15) is 0 Å². The predicted molar refractivity (Wildman–Crippen MR) is 55.5 cm³/mol. The lowest BCUT2D eigenvalue weighted by molar-refractivity contribution is -0.139. The average molecular weight is 207 g/mol. The lowest BCUT2D eigenvalue weighted by atomic mass is 9.90. The summed E-state index contributed by atoms with van der Waals surface area (Å²) in [6, 6.07) is 8.01. The first-order chi connectivity index (χ1) is 7.16. The molecule has 0 amide bonds. The average Bonchev–Trinajstić information content (AvgIpc) is 2.19. The van der Waals surface area contributed by atoms with Gasteiger partial charge in [0.1, 0.15) is 6.29 Å². The Hall–Kier alpha value is -1.68. The molecular weight excluding hydrogens is 194 g/mol. The zero-order valence-electron chi connectivity index (χ0n) is 8.17. The third kappa shape index (κ3) is 2.89. The Morgan fingerprint density at radius 3 is 2.47 bits per heavy atom. The molecule has 0 saturated heterocycles. The third-order valence-corrected chi connectivity index (χ3v) is 2.22. The van der Waals surface area contributed by atoms with Crippen LogP contribution in [-0.4, -0.2) is 23.4 Å². The van der Waals surface area contributed by atoms with Gasteiger partial charge in [0.2, 0.25) is 0 Å². The van der Waals surface area contributed by atoms with E-state index >= 15 is 0 Å². The summed E-state index contributed by atoms with van der Waals surface area (Å²) in [5.41, 5.74) is 6.27. The molecule has 4 nitrogen and oxygen atoms in total. The predicted octanol–water partition coefficient (Wildman–Crippen LogP) is 0.771. The van der Waals surface area contributed by atoms with Crippen LogP contribution in [0.4, 0.5) is 0 Å². The Kier molecular flexibility index (Phi) is 4.00. The Morgan fingerprint density at radius 1 is 1.40 bits per heavy atom. The highest BCUT2D eigenvalue weighted by molar-refractivity contribution is 5.77. The molecule has 15 heavy (non-hydrogen) atoms. The molecule has 1 unspecified atom stereocenters. The molecule has 0 heterocycles. The summed E-state index contributed by atoms with van der Waals surface area (Å²) in [6.07, 6.45) is 0.690. The monoisotopic (exact) mass is 207 g/mol. The first kappa shape index (κ1) is 11.4. The van der Waals surface area contributed by atoms with Crippen molar-refractivity contribution in [2.24, 2.45) is 5.73 Å². The highest BCUT2D eigenvalue weighted by Gasteiger charge is 2.26. The lowest BCUT2D eigenvalue weighted by Gasteiger charge is -2.18. The van der Waals surface area contributed by atoms with Gasteiger partial charge < -0.3 is 15.6 Å². The van der Waals surface area contributed by atoms with E-state index in [4.69, 9.17) is 10.8 Å². The number of aldehydes is 1. The van der Waals surface area contributed by atoms with Crippen LogP contribution in [0.25, 0.3) is 0 Å². The van der Waals surface area contributed by atoms with E-state index in [0.29, 0.717) is 11.8 Å². The number of hydrogen-bond donors (Lipinski definition) is 2. The van der Waals surface area contributed by atoms with Crippen LogP contribution in [-0.2, 0) is 9.59 Å². The van der Waals surface area contributed by atoms with E-state index in [9.17, 15) is 9.59 Å². The van der Waals surface area contributed by atoms with Crippen LogP contribution in [0.1, 0.15) is 17.9 Å². The quantitative estimate of drug-likeness (QED) is 0.699. The van der Waals surface area contributed by atoms with Gasteiger partial charge in [0.15, 0.2) is 0 Å². The van der Waals surface area contributed by atoms with Crippen LogP contribution < -0.4 is 5.73 Å². The molecule has 80 valence electrons. The minimum absolute atomic E-state index is 0.0475. The molecule has 3 N–H and O–H groups in total. The number of carbonyl (C=O) groups is 2. The molecule has 1 rings (SSSR count). The van der Waals surface area contributed by atoms with E-state index in [0.717, 1.165) is 0 Å². The number of nitrogens with two attached hydrogens (primary N) is 1. The Labute approximate surface area is 87.7 Å². The minimum Gasteiger partial charge on any atom is -0.481 e. The second kappa shape index (κ2) is 5.26. The van der Waals surface area contributed by atoms with E-state index in [1.165, 1.54) is 0 Å². The van der Waals surface area contributed by atoms with Crippen molar-refractivity contribution >= 4 is 12.3 Å². The van der Waals surface area contributed by atoms with Crippen molar-refractivity contribution in [3.05, 3.63) is 35.9 Å². The van der Waals surface area contributed by atoms with E-state index in [1.807, 2.05) is 0 Å². The summed E-state index contributed by atoms with van der Waals surface area (Å²) >= 11 is 0. The maximum absolute atomic E-state index is 11.0. The van der Waals surface area contributed by atoms with Crippen LogP contribution in [0.15, 0.2) is 30.3 Å². The molecule has 1 aromatic rings. The number of hydrogen-bond acceptors (Lipinski definition) is 3. The van der Waals surface area contributed by atoms with Gasteiger partial charge in [0, 0.05) is 12.5 Å². The number of carboxylic acid groups (broad SMARTS) is 1. The molecule has 0 aliphatic heterocycles. The summed E-state index contributed by atoms with van der Waals surface area (Å²) in [7, 11) is 0.